The van der Waals surface area contributed by atoms with Gasteiger partial charge in [-0.1, -0.05) is 0 Å². The van der Waals surface area contributed by atoms with Crippen LogP contribution < -0.4 is 0 Å². The van der Waals surface area contributed by atoms with Crippen LogP contribution in [-0.2, 0) is 21.1 Å². The van der Waals surface area contributed by atoms with Crippen LogP contribution in [-0.4, -0.2) is 28.9 Å². The normalized spacial score (nSPS) is 8.83. The number of aryl methyl sites for hydroxylation is 3. The zero-order chi connectivity index (χ0) is 13.2. The molecule has 0 atom stereocenters. The lowest BCUT2D eigenvalue weighted by atomic mass is 10.7. The number of nitrogens with zero attached hydrogens (tertiary/aromatic N) is 6. The van der Waals surface area contributed by atoms with Gasteiger partial charge < -0.3 is 9.13 Å². The Kier molecular flexibility index (Phi) is 5.96. The number of rotatable bonds is 0. The van der Waals surface area contributed by atoms with Crippen molar-refractivity contribution in [1.82, 2.24) is 28.9 Å². The Morgan fingerprint density at radius 1 is 0.778 bits per heavy atom. The van der Waals surface area contributed by atoms with Crippen molar-refractivity contribution in [3.05, 3.63) is 55.9 Å². The maximum absolute atomic E-state index is 3.78. The van der Waals surface area contributed by atoms with Crippen molar-refractivity contribution in [3.8, 4) is 0 Å². The fraction of sp³-hybridized carbons (Fsp3) is 0.250. The molecule has 3 aromatic heterocycles. The molecule has 3 aromatic rings. The Hall–Kier alpha value is -2.37. The standard InChI is InChI=1S/C5H7N.C4H6N2.C3H5N3/c1-6-4-2-3-5-6;1-6-3-2-5-4-6;1-6-3-4-2-5-6/h2-5H,1H3;2-4H,1H3;2-3H,1H3. The fourth-order valence-electron chi connectivity index (χ4n) is 1.01. The third-order valence-electron chi connectivity index (χ3n) is 1.92. The van der Waals surface area contributed by atoms with E-state index in [1.807, 2.05) is 61.0 Å². The molecule has 0 aliphatic heterocycles. The maximum Gasteiger partial charge on any atom is 0.137 e. The molecule has 0 amide bonds. The van der Waals surface area contributed by atoms with Crippen molar-refractivity contribution in [2.24, 2.45) is 21.1 Å². The molecule has 0 unspecified atom stereocenters. The zero-order valence-corrected chi connectivity index (χ0v) is 10.9. The fourth-order valence-corrected chi connectivity index (χ4v) is 1.01. The summed E-state index contributed by atoms with van der Waals surface area (Å²) in [6.45, 7) is 0. The van der Waals surface area contributed by atoms with E-state index in [1.54, 1.807) is 23.5 Å². The van der Waals surface area contributed by atoms with Gasteiger partial charge in [-0.25, -0.2) is 9.97 Å². The third kappa shape index (κ3) is 6.26. The molecule has 0 N–H and O–H groups in total. The first-order chi connectivity index (χ1) is 8.68. The minimum absolute atomic E-state index is 1.50. The highest BCUT2D eigenvalue weighted by molar-refractivity contribution is 4.88. The summed E-state index contributed by atoms with van der Waals surface area (Å²) < 4.78 is 5.53. The van der Waals surface area contributed by atoms with Crippen LogP contribution >= 0.6 is 0 Å². The van der Waals surface area contributed by atoms with E-state index in [1.165, 1.54) is 6.33 Å². The zero-order valence-electron chi connectivity index (χ0n) is 10.9. The molecule has 0 saturated heterocycles. The van der Waals surface area contributed by atoms with E-state index in [9.17, 15) is 0 Å². The maximum atomic E-state index is 3.78. The summed E-state index contributed by atoms with van der Waals surface area (Å²) in [6.07, 6.45) is 12.5. The number of hydrogen-bond donors (Lipinski definition) is 0. The Morgan fingerprint density at radius 3 is 1.67 bits per heavy atom. The highest BCUT2D eigenvalue weighted by Gasteiger charge is 1.70. The summed E-state index contributed by atoms with van der Waals surface area (Å²) in [7, 11) is 5.76. The monoisotopic (exact) mass is 246 g/mol. The van der Waals surface area contributed by atoms with E-state index in [-0.39, 0.29) is 0 Å². The van der Waals surface area contributed by atoms with Gasteiger partial charge in [0.15, 0.2) is 0 Å². The van der Waals surface area contributed by atoms with E-state index in [0.717, 1.165) is 0 Å². The summed E-state index contributed by atoms with van der Waals surface area (Å²) in [5.74, 6) is 0. The van der Waals surface area contributed by atoms with Gasteiger partial charge in [-0.15, -0.1) is 0 Å². The van der Waals surface area contributed by atoms with Crippen molar-refractivity contribution in [1.29, 1.82) is 0 Å². The average Bonchev–Trinajstić information content (AvgIpc) is 3.05. The summed E-state index contributed by atoms with van der Waals surface area (Å²) >= 11 is 0. The van der Waals surface area contributed by atoms with Crippen molar-refractivity contribution >= 4 is 0 Å². The van der Waals surface area contributed by atoms with Crippen molar-refractivity contribution < 1.29 is 0 Å². The first kappa shape index (κ1) is 13.7. The van der Waals surface area contributed by atoms with Crippen LogP contribution in [0, 0.1) is 0 Å². The van der Waals surface area contributed by atoms with Crippen LogP contribution in [0.25, 0.3) is 0 Å². The second-order valence-corrected chi connectivity index (χ2v) is 3.65. The Balaban J connectivity index is 0.000000135. The van der Waals surface area contributed by atoms with Gasteiger partial charge in [0.1, 0.15) is 12.7 Å². The van der Waals surface area contributed by atoms with Crippen molar-refractivity contribution in [3.63, 3.8) is 0 Å². The highest BCUT2D eigenvalue weighted by atomic mass is 15.3. The predicted octanol–water partition coefficient (Wildman–Crippen LogP) is 1.26. The van der Waals surface area contributed by atoms with Crippen LogP contribution in [0.3, 0.4) is 0 Å². The molecular weight excluding hydrogens is 228 g/mol. The lowest BCUT2D eigenvalue weighted by molar-refractivity contribution is 0.765. The Morgan fingerprint density at radius 2 is 1.50 bits per heavy atom. The summed E-state index contributed by atoms with van der Waals surface area (Å²) in [5.41, 5.74) is 0. The Bertz CT molecular complexity index is 404. The van der Waals surface area contributed by atoms with Gasteiger partial charge in [0, 0.05) is 45.9 Å². The van der Waals surface area contributed by atoms with Gasteiger partial charge in [-0.05, 0) is 12.1 Å². The summed E-state index contributed by atoms with van der Waals surface area (Å²) in [4.78, 5) is 7.46. The van der Waals surface area contributed by atoms with E-state index >= 15 is 0 Å². The van der Waals surface area contributed by atoms with Gasteiger partial charge in [-0.2, -0.15) is 5.10 Å². The summed E-state index contributed by atoms with van der Waals surface area (Å²) in [6, 6.07) is 4.00. The van der Waals surface area contributed by atoms with E-state index in [4.69, 9.17) is 0 Å². The first-order valence-corrected chi connectivity index (χ1v) is 5.46. The smallest absolute Gasteiger partial charge is 0.137 e. The highest BCUT2D eigenvalue weighted by Crippen LogP contribution is 1.80. The second kappa shape index (κ2) is 7.83. The van der Waals surface area contributed by atoms with Crippen molar-refractivity contribution in [2.75, 3.05) is 0 Å². The third-order valence-corrected chi connectivity index (χ3v) is 1.92. The van der Waals surface area contributed by atoms with E-state index in [2.05, 4.69) is 15.1 Å². The molecule has 96 valence electrons. The van der Waals surface area contributed by atoms with Crippen LogP contribution in [0.1, 0.15) is 0 Å². The molecule has 18 heavy (non-hydrogen) atoms. The van der Waals surface area contributed by atoms with Gasteiger partial charge in [0.25, 0.3) is 0 Å². The molecule has 6 heteroatoms. The molecule has 0 bridgehead atoms. The molecule has 3 heterocycles. The van der Waals surface area contributed by atoms with Crippen LogP contribution in [0.5, 0.6) is 0 Å². The second-order valence-electron chi connectivity index (χ2n) is 3.65. The largest absolute Gasteiger partial charge is 0.357 e. The molecule has 0 aromatic carbocycles. The molecule has 0 radical (unpaired) electrons. The molecule has 0 fully saturated rings. The van der Waals surface area contributed by atoms with E-state index in [0.29, 0.717) is 0 Å². The number of hydrogen-bond acceptors (Lipinski definition) is 3. The molecule has 3 rings (SSSR count). The quantitative estimate of drug-likeness (QED) is 0.600. The SMILES string of the molecule is Cn1cccc1.Cn1ccnc1.Cn1cncn1. The average molecular weight is 246 g/mol. The minimum atomic E-state index is 1.50. The van der Waals surface area contributed by atoms with Gasteiger partial charge in [-0.3, -0.25) is 4.68 Å². The van der Waals surface area contributed by atoms with Crippen molar-refractivity contribution in [2.45, 2.75) is 0 Å². The molecule has 0 aliphatic carbocycles. The topological polar surface area (TPSA) is 53.5 Å². The first-order valence-electron chi connectivity index (χ1n) is 5.46. The molecule has 0 spiro atoms. The molecule has 0 aliphatic rings. The van der Waals surface area contributed by atoms with Crippen LogP contribution in [0.15, 0.2) is 55.9 Å². The Labute approximate surface area is 107 Å². The summed E-state index contributed by atoms with van der Waals surface area (Å²) in [5, 5.41) is 3.72. The molecule has 6 nitrogen and oxygen atoms in total. The minimum Gasteiger partial charge on any atom is -0.357 e. The lowest BCUT2D eigenvalue weighted by Crippen LogP contribution is -1.83. The van der Waals surface area contributed by atoms with Crippen LogP contribution in [0.4, 0.5) is 0 Å². The van der Waals surface area contributed by atoms with Gasteiger partial charge in [0.05, 0.1) is 6.33 Å². The van der Waals surface area contributed by atoms with Gasteiger partial charge >= 0.3 is 0 Å². The number of imidazole rings is 1. The number of aromatic nitrogens is 6. The lowest BCUT2D eigenvalue weighted by Gasteiger charge is -1.79. The van der Waals surface area contributed by atoms with Crippen LogP contribution in [0.2, 0.25) is 0 Å². The molecule has 0 saturated carbocycles. The predicted molar refractivity (Wildman–Crippen MR) is 69.6 cm³/mol. The van der Waals surface area contributed by atoms with Gasteiger partial charge in [0.2, 0.25) is 0 Å². The molecular formula is C12H18N6. The van der Waals surface area contributed by atoms with E-state index < -0.39 is 0 Å².